The van der Waals surface area contributed by atoms with Crippen molar-refractivity contribution in [1.29, 1.82) is 0 Å². The Bertz CT molecular complexity index is 1050. The van der Waals surface area contributed by atoms with Crippen molar-refractivity contribution in [3.8, 4) is 0 Å². The van der Waals surface area contributed by atoms with Crippen LogP contribution in [-0.4, -0.2) is 34.8 Å². The molecule has 1 fully saturated rings. The molecule has 1 aliphatic heterocycles. The smallest absolute Gasteiger partial charge is 0.263 e. The van der Waals surface area contributed by atoms with Gasteiger partial charge in [0, 0.05) is 30.4 Å². The Hall–Kier alpha value is -2.99. The van der Waals surface area contributed by atoms with Crippen molar-refractivity contribution in [2.45, 2.75) is 32.6 Å². The van der Waals surface area contributed by atoms with E-state index in [9.17, 15) is 9.59 Å². The molecule has 1 aliphatic rings. The number of likely N-dealkylation sites (tertiary alicyclic amines) is 1. The summed E-state index contributed by atoms with van der Waals surface area (Å²) in [5.41, 5.74) is 4.23. The fraction of sp³-hybridized carbons (Fsp3) is 0.292. The third kappa shape index (κ3) is 4.44. The zero-order chi connectivity index (χ0) is 21.1. The van der Waals surface area contributed by atoms with Gasteiger partial charge in [-0.25, -0.2) is 0 Å². The Morgan fingerprint density at radius 1 is 1.07 bits per heavy atom. The first-order valence-electron chi connectivity index (χ1n) is 10.2. The van der Waals surface area contributed by atoms with Gasteiger partial charge in [-0.15, -0.1) is 11.3 Å². The number of carbonyl (C=O) groups excluding carboxylic acids is 2. The number of nitrogens with one attached hydrogen (secondary N) is 1. The van der Waals surface area contributed by atoms with Gasteiger partial charge >= 0.3 is 0 Å². The second kappa shape index (κ2) is 8.79. The summed E-state index contributed by atoms with van der Waals surface area (Å²) in [5.74, 6) is 0.119. The average Bonchev–Trinajstić information content (AvgIpc) is 3.28. The SMILES string of the molecule is Cc1cccc(NC(=O)c2ccc(C)nc2C2CCN(C(=O)c3cccs3)CC2)c1. The molecule has 0 radical (unpaired) electrons. The first-order valence-corrected chi connectivity index (χ1v) is 11.1. The van der Waals surface area contributed by atoms with Crippen LogP contribution in [0.4, 0.5) is 5.69 Å². The first kappa shape index (κ1) is 20.3. The van der Waals surface area contributed by atoms with Gasteiger partial charge in [0.1, 0.15) is 0 Å². The molecule has 5 nitrogen and oxygen atoms in total. The maximum Gasteiger partial charge on any atom is 0.263 e. The van der Waals surface area contributed by atoms with Crippen molar-refractivity contribution in [3.05, 3.63) is 81.3 Å². The van der Waals surface area contributed by atoms with E-state index in [-0.39, 0.29) is 17.7 Å². The third-order valence-electron chi connectivity index (χ3n) is 5.49. The van der Waals surface area contributed by atoms with Gasteiger partial charge in [0.2, 0.25) is 0 Å². The number of amides is 2. The van der Waals surface area contributed by atoms with Gasteiger partial charge in [0.15, 0.2) is 0 Å². The molecule has 3 aromatic rings. The minimum atomic E-state index is -0.139. The summed E-state index contributed by atoms with van der Waals surface area (Å²) >= 11 is 1.48. The minimum absolute atomic E-state index is 0.0954. The van der Waals surface area contributed by atoms with Crippen LogP contribution in [0.1, 0.15) is 55.7 Å². The van der Waals surface area contributed by atoms with Crippen LogP contribution in [0.5, 0.6) is 0 Å². The normalized spacial score (nSPS) is 14.5. The number of rotatable bonds is 4. The minimum Gasteiger partial charge on any atom is -0.338 e. The van der Waals surface area contributed by atoms with Crippen LogP contribution in [0.15, 0.2) is 53.9 Å². The summed E-state index contributed by atoms with van der Waals surface area (Å²) < 4.78 is 0. The summed E-state index contributed by atoms with van der Waals surface area (Å²) in [6.45, 7) is 5.30. The van der Waals surface area contributed by atoms with E-state index < -0.39 is 0 Å². The predicted molar refractivity (Wildman–Crippen MR) is 120 cm³/mol. The first-order chi connectivity index (χ1) is 14.5. The zero-order valence-electron chi connectivity index (χ0n) is 17.2. The molecule has 1 saturated heterocycles. The lowest BCUT2D eigenvalue weighted by Gasteiger charge is -2.32. The van der Waals surface area contributed by atoms with Crippen molar-refractivity contribution in [2.24, 2.45) is 0 Å². The maximum atomic E-state index is 13.0. The fourth-order valence-electron chi connectivity index (χ4n) is 3.91. The third-order valence-corrected chi connectivity index (χ3v) is 6.34. The topological polar surface area (TPSA) is 62.3 Å². The number of thiophene rings is 1. The monoisotopic (exact) mass is 419 g/mol. The van der Waals surface area contributed by atoms with Gasteiger partial charge in [0.05, 0.1) is 16.1 Å². The van der Waals surface area contributed by atoms with Crippen LogP contribution in [0.2, 0.25) is 0 Å². The summed E-state index contributed by atoms with van der Waals surface area (Å²) in [4.78, 5) is 33.1. The van der Waals surface area contributed by atoms with Crippen molar-refractivity contribution in [1.82, 2.24) is 9.88 Å². The molecule has 1 N–H and O–H groups in total. The number of pyridine rings is 1. The van der Waals surface area contributed by atoms with Crippen LogP contribution in [0, 0.1) is 13.8 Å². The molecule has 0 aliphatic carbocycles. The molecule has 0 atom stereocenters. The molecule has 6 heteroatoms. The van der Waals surface area contributed by atoms with Crippen molar-refractivity contribution in [3.63, 3.8) is 0 Å². The molecule has 0 bridgehead atoms. The highest BCUT2D eigenvalue weighted by Crippen LogP contribution is 2.31. The number of aryl methyl sites for hydroxylation is 2. The van der Waals surface area contributed by atoms with E-state index in [1.165, 1.54) is 11.3 Å². The predicted octanol–water partition coefficient (Wildman–Crippen LogP) is 5.03. The van der Waals surface area contributed by atoms with Gasteiger partial charge in [-0.2, -0.15) is 0 Å². The number of anilines is 1. The molecule has 4 rings (SSSR count). The summed E-state index contributed by atoms with van der Waals surface area (Å²) in [6.07, 6.45) is 1.61. The quantitative estimate of drug-likeness (QED) is 0.645. The molecule has 0 spiro atoms. The van der Waals surface area contributed by atoms with Crippen LogP contribution >= 0.6 is 11.3 Å². The van der Waals surface area contributed by atoms with Crippen LogP contribution in [0.25, 0.3) is 0 Å². The van der Waals surface area contributed by atoms with Crippen molar-refractivity contribution < 1.29 is 9.59 Å². The van der Waals surface area contributed by atoms with Gasteiger partial charge < -0.3 is 10.2 Å². The molecule has 0 saturated carbocycles. The van der Waals surface area contributed by atoms with E-state index in [1.807, 2.05) is 72.7 Å². The fourth-order valence-corrected chi connectivity index (χ4v) is 4.60. The van der Waals surface area contributed by atoms with Crippen LogP contribution < -0.4 is 5.32 Å². The number of carbonyl (C=O) groups is 2. The van der Waals surface area contributed by atoms with Gasteiger partial charge in [-0.1, -0.05) is 18.2 Å². The molecule has 2 aromatic heterocycles. The van der Waals surface area contributed by atoms with Crippen LogP contribution in [0.3, 0.4) is 0 Å². The molecule has 1 aromatic carbocycles. The Kier molecular flexibility index (Phi) is 5.95. The maximum absolute atomic E-state index is 13.0. The van der Waals surface area contributed by atoms with Gasteiger partial charge in [-0.05, 0) is 68.0 Å². The number of piperidine rings is 1. The highest BCUT2D eigenvalue weighted by atomic mass is 32.1. The summed E-state index contributed by atoms with van der Waals surface area (Å²) in [7, 11) is 0. The Morgan fingerprint density at radius 2 is 1.87 bits per heavy atom. The largest absolute Gasteiger partial charge is 0.338 e. The molecule has 3 heterocycles. The van der Waals surface area contributed by atoms with Gasteiger partial charge in [-0.3, -0.25) is 14.6 Å². The Morgan fingerprint density at radius 3 is 2.57 bits per heavy atom. The zero-order valence-corrected chi connectivity index (χ0v) is 18.0. The molecule has 2 amide bonds. The lowest BCUT2D eigenvalue weighted by atomic mass is 9.89. The number of hydrogen-bond donors (Lipinski definition) is 1. The lowest BCUT2D eigenvalue weighted by Crippen LogP contribution is -2.38. The number of aromatic nitrogens is 1. The standard InChI is InChI=1S/C24H25N3O2S/c1-16-5-3-6-19(15-16)26-23(28)20-9-8-17(2)25-22(20)18-10-12-27(13-11-18)24(29)21-7-4-14-30-21/h3-9,14-15,18H,10-13H2,1-2H3,(H,26,28). The lowest BCUT2D eigenvalue weighted by molar-refractivity contribution is 0.0716. The number of benzene rings is 1. The van der Waals surface area contributed by atoms with E-state index in [1.54, 1.807) is 0 Å². The van der Waals surface area contributed by atoms with Gasteiger partial charge in [0.25, 0.3) is 11.8 Å². The van der Waals surface area contributed by atoms with E-state index >= 15 is 0 Å². The Labute approximate surface area is 180 Å². The Balaban J connectivity index is 1.50. The van der Waals surface area contributed by atoms with E-state index in [4.69, 9.17) is 4.98 Å². The second-order valence-electron chi connectivity index (χ2n) is 7.75. The molecule has 30 heavy (non-hydrogen) atoms. The highest BCUT2D eigenvalue weighted by molar-refractivity contribution is 7.12. The van der Waals surface area contributed by atoms with E-state index in [0.29, 0.717) is 18.7 Å². The van der Waals surface area contributed by atoms with E-state index in [2.05, 4.69) is 5.32 Å². The van der Waals surface area contributed by atoms with Crippen LogP contribution in [-0.2, 0) is 0 Å². The molecular weight excluding hydrogens is 394 g/mol. The average molecular weight is 420 g/mol. The number of hydrogen-bond acceptors (Lipinski definition) is 4. The summed E-state index contributed by atoms with van der Waals surface area (Å²) in [6, 6.07) is 15.3. The van der Waals surface area contributed by atoms with E-state index in [0.717, 1.165) is 40.4 Å². The van der Waals surface area contributed by atoms with Crippen molar-refractivity contribution in [2.75, 3.05) is 18.4 Å². The molecule has 154 valence electrons. The second-order valence-corrected chi connectivity index (χ2v) is 8.70. The van der Waals surface area contributed by atoms with Crippen molar-refractivity contribution >= 4 is 28.8 Å². The summed E-state index contributed by atoms with van der Waals surface area (Å²) in [5, 5.41) is 4.93. The molecule has 0 unspecified atom stereocenters. The highest BCUT2D eigenvalue weighted by Gasteiger charge is 2.28. The molecular formula is C24H25N3O2S. The number of nitrogens with zero attached hydrogens (tertiary/aromatic N) is 2.